The average molecular weight is 256 g/mol. The molecule has 1 rings (SSSR count). The second-order valence-electron chi connectivity index (χ2n) is 4.90. The zero-order chi connectivity index (χ0) is 13.5. The molecule has 18 heavy (non-hydrogen) atoms. The molecule has 0 aromatic carbocycles. The first-order valence-corrected chi connectivity index (χ1v) is 6.95. The molecule has 1 aliphatic rings. The molecule has 0 radical (unpaired) electrons. The van der Waals surface area contributed by atoms with E-state index in [4.69, 9.17) is 9.47 Å². The van der Waals surface area contributed by atoms with Crippen LogP contribution in [-0.2, 0) is 19.1 Å². The Labute approximate surface area is 109 Å². The van der Waals surface area contributed by atoms with Gasteiger partial charge >= 0.3 is 11.9 Å². The van der Waals surface area contributed by atoms with Crippen molar-refractivity contribution in [3.05, 3.63) is 0 Å². The quantitative estimate of drug-likeness (QED) is 0.573. The van der Waals surface area contributed by atoms with Crippen LogP contribution in [0.5, 0.6) is 0 Å². The zero-order valence-corrected chi connectivity index (χ0v) is 11.6. The Morgan fingerprint density at radius 3 is 2.17 bits per heavy atom. The molecule has 3 unspecified atom stereocenters. The fourth-order valence-corrected chi connectivity index (χ4v) is 2.74. The molecule has 4 heteroatoms. The number of esters is 2. The lowest BCUT2D eigenvalue weighted by Gasteiger charge is -2.26. The minimum absolute atomic E-state index is 0.181. The predicted octanol–water partition coefficient (Wildman–Crippen LogP) is 2.56. The highest BCUT2D eigenvalue weighted by molar-refractivity contribution is 5.82. The van der Waals surface area contributed by atoms with Gasteiger partial charge in [0.1, 0.15) is 0 Å². The third-order valence-electron chi connectivity index (χ3n) is 3.62. The molecule has 0 N–H and O–H groups in total. The Balaban J connectivity index is 2.85. The van der Waals surface area contributed by atoms with Gasteiger partial charge in [-0.25, -0.2) is 0 Å². The minimum atomic E-state index is -0.341. The molecule has 3 atom stereocenters. The van der Waals surface area contributed by atoms with Crippen molar-refractivity contribution in [3.63, 3.8) is 0 Å². The first kappa shape index (κ1) is 15.0. The molecule has 0 aromatic rings. The van der Waals surface area contributed by atoms with Crippen molar-refractivity contribution in [2.24, 2.45) is 17.8 Å². The molecule has 4 nitrogen and oxygen atoms in total. The van der Waals surface area contributed by atoms with Gasteiger partial charge in [0.25, 0.3) is 0 Å². The molecule has 0 bridgehead atoms. The van der Waals surface area contributed by atoms with Gasteiger partial charge < -0.3 is 9.47 Å². The average Bonchev–Trinajstić information content (AvgIpc) is 2.51. The number of hydrogen-bond donors (Lipinski definition) is 0. The van der Waals surface area contributed by atoms with Gasteiger partial charge in [0, 0.05) is 0 Å². The van der Waals surface area contributed by atoms with Crippen molar-refractivity contribution in [2.75, 3.05) is 13.2 Å². The van der Waals surface area contributed by atoms with Gasteiger partial charge in [0.15, 0.2) is 0 Å². The normalized spacial score (nSPS) is 28.3. The van der Waals surface area contributed by atoms with Crippen molar-refractivity contribution in [1.29, 1.82) is 0 Å². The van der Waals surface area contributed by atoms with Crippen LogP contribution in [0.3, 0.4) is 0 Å². The van der Waals surface area contributed by atoms with Crippen LogP contribution in [0.2, 0.25) is 0 Å². The molecule has 0 aromatic heterocycles. The number of rotatable bonds is 4. The van der Waals surface area contributed by atoms with Crippen LogP contribution in [0.25, 0.3) is 0 Å². The van der Waals surface area contributed by atoms with Gasteiger partial charge in [-0.1, -0.05) is 19.8 Å². The second-order valence-corrected chi connectivity index (χ2v) is 4.90. The van der Waals surface area contributed by atoms with Gasteiger partial charge in [-0.3, -0.25) is 9.59 Å². The summed E-state index contributed by atoms with van der Waals surface area (Å²) in [5.74, 6) is -0.983. The molecule has 0 spiro atoms. The largest absolute Gasteiger partial charge is 0.466 e. The third-order valence-corrected chi connectivity index (χ3v) is 3.62. The number of carbonyl (C=O) groups excluding carboxylic acids is 2. The highest BCUT2D eigenvalue weighted by atomic mass is 16.5. The maximum absolute atomic E-state index is 12.1. The summed E-state index contributed by atoms with van der Waals surface area (Å²) in [5.41, 5.74) is 0. The third kappa shape index (κ3) is 3.72. The molecular formula is C14H24O4. The first-order chi connectivity index (χ1) is 8.61. The molecule has 0 amide bonds. The summed E-state index contributed by atoms with van der Waals surface area (Å²) < 4.78 is 10.2. The monoisotopic (exact) mass is 256 g/mol. The van der Waals surface area contributed by atoms with Crippen LogP contribution in [0.15, 0.2) is 0 Å². The SMILES string of the molecule is CCOC(=O)C1CCCCC(C)C1C(=O)OCC. The molecule has 104 valence electrons. The van der Waals surface area contributed by atoms with Crippen LogP contribution in [0.4, 0.5) is 0 Å². The van der Waals surface area contributed by atoms with E-state index < -0.39 is 0 Å². The number of carbonyl (C=O) groups is 2. The van der Waals surface area contributed by atoms with Crippen molar-refractivity contribution >= 4 is 11.9 Å². The van der Waals surface area contributed by atoms with E-state index in [2.05, 4.69) is 0 Å². The Bertz CT molecular complexity index is 288. The van der Waals surface area contributed by atoms with Crippen molar-refractivity contribution in [3.8, 4) is 0 Å². The van der Waals surface area contributed by atoms with Crippen molar-refractivity contribution in [1.82, 2.24) is 0 Å². The highest BCUT2D eigenvalue weighted by Crippen LogP contribution is 2.35. The first-order valence-electron chi connectivity index (χ1n) is 6.95. The van der Waals surface area contributed by atoms with Crippen LogP contribution in [0, 0.1) is 17.8 Å². The van der Waals surface area contributed by atoms with E-state index in [0.29, 0.717) is 13.2 Å². The molecule has 0 aliphatic heterocycles. The Morgan fingerprint density at radius 2 is 1.56 bits per heavy atom. The van der Waals surface area contributed by atoms with Crippen LogP contribution >= 0.6 is 0 Å². The van der Waals surface area contributed by atoms with Gasteiger partial charge in [0.05, 0.1) is 25.0 Å². The fourth-order valence-electron chi connectivity index (χ4n) is 2.74. The lowest BCUT2D eigenvalue weighted by molar-refractivity contribution is -0.162. The molecule has 0 heterocycles. The van der Waals surface area contributed by atoms with E-state index in [1.54, 1.807) is 13.8 Å². The van der Waals surface area contributed by atoms with Crippen LogP contribution in [0.1, 0.15) is 46.5 Å². The minimum Gasteiger partial charge on any atom is -0.466 e. The van der Waals surface area contributed by atoms with E-state index in [1.165, 1.54) is 0 Å². The Kier molecular flexibility index (Phi) is 6.16. The maximum Gasteiger partial charge on any atom is 0.310 e. The number of ether oxygens (including phenoxy) is 2. The molecule has 1 fully saturated rings. The summed E-state index contributed by atoms with van der Waals surface area (Å²) in [6.07, 6.45) is 3.74. The van der Waals surface area contributed by atoms with E-state index in [-0.39, 0.29) is 29.7 Å². The maximum atomic E-state index is 12.1. The molecule has 1 saturated carbocycles. The standard InChI is InChI=1S/C14H24O4/c1-4-17-13(15)11-9-7-6-8-10(3)12(11)14(16)18-5-2/h10-12H,4-9H2,1-3H3. The summed E-state index contributed by atoms with van der Waals surface area (Å²) in [6.45, 7) is 6.33. The van der Waals surface area contributed by atoms with E-state index in [1.807, 2.05) is 6.92 Å². The van der Waals surface area contributed by atoms with E-state index in [9.17, 15) is 9.59 Å². The Morgan fingerprint density at radius 1 is 1.00 bits per heavy atom. The molecule has 0 saturated heterocycles. The molecule has 1 aliphatic carbocycles. The van der Waals surface area contributed by atoms with Crippen LogP contribution < -0.4 is 0 Å². The number of hydrogen-bond acceptors (Lipinski definition) is 4. The summed E-state index contributed by atoms with van der Waals surface area (Å²) >= 11 is 0. The predicted molar refractivity (Wildman–Crippen MR) is 67.9 cm³/mol. The lowest BCUT2D eigenvalue weighted by Crippen LogP contribution is -2.35. The van der Waals surface area contributed by atoms with Gasteiger partial charge in [-0.2, -0.15) is 0 Å². The van der Waals surface area contributed by atoms with E-state index in [0.717, 1.165) is 25.7 Å². The van der Waals surface area contributed by atoms with Gasteiger partial charge in [0.2, 0.25) is 0 Å². The van der Waals surface area contributed by atoms with Gasteiger partial charge in [-0.15, -0.1) is 0 Å². The van der Waals surface area contributed by atoms with Crippen LogP contribution in [-0.4, -0.2) is 25.2 Å². The summed E-state index contributed by atoms with van der Waals surface area (Å²) in [6, 6.07) is 0. The summed E-state index contributed by atoms with van der Waals surface area (Å²) in [7, 11) is 0. The smallest absolute Gasteiger partial charge is 0.310 e. The summed E-state index contributed by atoms with van der Waals surface area (Å²) in [5, 5.41) is 0. The molecular weight excluding hydrogens is 232 g/mol. The van der Waals surface area contributed by atoms with Gasteiger partial charge in [-0.05, 0) is 32.6 Å². The lowest BCUT2D eigenvalue weighted by atomic mass is 9.81. The van der Waals surface area contributed by atoms with Crippen molar-refractivity contribution in [2.45, 2.75) is 46.5 Å². The topological polar surface area (TPSA) is 52.6 Å². The van der Waals surface area contributed by atoms with E-state index >= 15 is 0 Å². The Hall–Kier alpha value is -1.06. The fraction of sp³-hybridized carbons (Fsp3) is 0.857. The van der Waals surface area contributed by atoms with Crippen molar-refractivity contribution < 1.29 is 19.1 Å². The highest BCUT2D eigenvalue weighted by Gasteiger charge is 2.40. The summed E-state index contributed by atoms with van der Waals surface area (Å²) in [4.78, 5) is 24.0. The second kappa shape index (κ2) is 7.39. The zero-order valence-electron chi connectivity index (χ0n) is 11.6.